The Balaban J connectivity index is 1.40. The highest BCUT2D eigenvalue weighted by Crippen LogP contribution is 2.50. The standard InChI is InChI=1S/C23H23ClFN3O2/c1-3-26-21(17-6-4-5-7-19(17)24)27(2)15-11-23(12-15)13-28(14-23)22(30)18-10-16(29)8-9-20(18)25/h3-10,15,29H,1,11-14H2,2H3. The van der Waals surface area contributed by atoms with Crippen LogP contribution in [0.3, 0.4) is 0 Å². The van der Waals surface area contributed by atoms with Gasteiger partial charge in [0.15, 0.2) is 0 Å². The molecule has 1 amide bonds. The van der Waals surface area contributed by atoms with Gasteiger partial charge in [-0.15, -0.1) is 0 Å². The molecule has 4 rings (SSSR count). The molecular weight excluding hydrogens is 405 g/mol. The summed E-state index contributed by atoms with van der Waals surface area (Å²) in [5.41, 5.74) is 0.825. The molecule has 7 heteroatoms. The lowest BCUT2D eigenvalue weighted by atomic mass is 9.60. The summed E-state index contributed by atoms with van der Waals surface area (Å²) in [5.74, 6) is -0.343. The van der Waals surface area contributed by atoms with Crippen LogP contribution < -0.4 is 0 Å². The molecule has 0 unspecified atom stereocenters. The number of aromatic hydroxyl groups is 1. The van der Waals surface area contributed by atoms with Gasteiger partial charge in [0.1, 0.15) is 17.4 Å². The molecule has 156 valence electrons. The molecule has 1 saturated heterocycles. The normalized spacial score (nSPS) is 18.0. The Hall–Kier alpha value is -2.86. The molecule has 0 aromatic heterocycles. The molecule has 5 nitrogen and oxygen atoms in total. The van der Waals surface area contributed by atoms with Crippen LogP contribution in [0.25, 0.3) is 0 Å². The van der Waals surface area contributed by atoms with Crippen molar-refractivity contribution in [1.29, 1.82) is 0 Å². The first-order chi connectivity index (χ1) is 14.3. The van der Waals surface area contributed by atoms with Gasteiger partial charge in [0.2, 0.25) is 0 Å². The van der Waals surface area contributed by atoms with E-state index in [0.29, 0.717) is 18.1 Å². The number of phenolic OH excluding ortho intramolecular Hbond substituents is 1. The van der Waals surface area contributed by atoms with E-state index in [9.17, 15) is 14.3 Å². The summed E-state index contributed by atoms with van der Waals surface area (Å²) < 4.78 is 14.0. The fraction of sp³-hybridized carbons (Fsp3) is 0.304. The van der Waals surface area contributed by atoms with E-state index in [1.165, 1.54) is 18.3 Å². The first kappa shape index (κ1) is 20.4. The molecule has 1 spiro atoms. The molecule has 30 heavy (non-hydrogen) atoms. The third-order valence-corrected chi connectivity index (χ3v) is 6.40. The number of rotatable bonds is 4. The van der Waals surface area contributed by atoms with Crippen LogP contribution in [-0.4, -0.2) is 52.8 Å². The Labute approximate surface area is 180 Å². The number of benzene rings is 2. The van der Waals surface area contributed by atoms with E-state index < -0.39 is 5.82 Å². The molecule has 0 bridgehead atoms. The Kier molecular flexibility index (Phi) is 5.28. The van der Waals surface area contributed by atoms with Gasteiger partial charge in [-0.05, 0) is 43.2 Å². The lowest BCUT2D eigenvalue weighted by Gasteiger charge is -2.60. The second-order valence-electron chi connectivity index (χ2n) is 8.11. The van der Waals surface area contributed by atoms with E-state index in [-0.39, 0.29) is 28.7 Å². The van der Waals surface area contributed by atoms with Crippen LogP contribution in [0.1, 0.15) is 28.8 Å². The minimum Gasteiger partial charge on any atom is -0.508 e. The van der Waals surface area contributed by atoms with Crippen molar-refractivity contribution in [3.05, 3.63) is 77.2 Å². The quantitative estimate of drug-likeness (QED) is 0.584. The van der Waals surface area contributed by atoms with E-state index in [4.69, 9.17) is 11.6 Å². The predicted molar refractivity (Wildman–Crippen MR) is 115 cm³/mol. The van der Waals surface area contributed by atoms with E-state index in [1.807, 2.05) is 31.3 Å². The molecule has 2 fully saturated rings. The highest BCUT2D eigenvalue weighted by atomic mass is 35.5. The van der Waals surface area contributed by atoms with Crippen LogP contribution >= 0.6 is 11.6 Å². The van der Waals surface area contributed by atoms with E-state index in [1.54, 1.807) is 4.90 Å². The minimum atomic E-state index is -0.616. The van der Waals surface area contributed by atoms with Crippen LogP contribution in [0.4, 0.5) is 4.39 Å². The van der Waals surface area contributed by atoms with Gasteiger partial charge in [-0.25, -0.2) is 9.38 Å². The molecule has 1 aliphatic heterocycles. The number of halogens is 2. The number of amidine groups is 1. The SMILES string of the molecule is C=CN=C(c1ccccc1Cl)N(C)C1CC2(C1)CN(C(=O)c1cc(O)ccc1F)C2. The van der Waals surface area contributed by atoms with Crippen molar-refractivity contribution < 1.29 is 14.3 Å². The average molecular weight is 428 g/mol. The van der Waals surface area contributed by atoms with Gasteiger partial charge in [0, 0.05) is 43.4 Å². The van der Waals surface area contributed by atoms with Gasteiger partial charge >= 0.3 is 0 Å². The Morgan fingerprint density at radius 3 is 2.67 bits per heavy atom. The third kappa shape index (κ3) is 3.56. The first-order valence-corrected chi connectivity index (χ1v) is 10.2. The van der Waals surface area contributed by atoms with Crippen molar-refractivity contribution in [2.24, 2.45) is 10.4 Å². The topological polar surface area (TPSA) is 56.1 Å². The third-order valence-electron chi connectivity index (χ3n) is 6.07. The van der Waals surface area contributed by atoms with Crippen molar-refractivity contribution in [1.82, 2.24) is 9.80 Å². The number of carbonyl (C=O) groups is 1. The smallest absolute Gasteiger partial charge is 0.257 e. The number of nitrogens with zero attached hydrogens (tertiary/aromatic N) is 3. The molecule has 0 atom stereocenters. The summed E-state index contributed by atoms with van der Waals surface area (Å²) in [6.45, 7) is 4.90. The number of hydrogen-bond acceptors (Lipinski definition) is 3. The monoisotopic (exact) mass is 427 g/mol. The van der Waals surface area contributed by atoms with Crippen LogP contribution in [-0.2, 0) is 0 Å². The van der Waals surface area contributed by atoms with Gasteiger partial charge in [-0.3, -0.25) is 4.79 Å². The molecule has 2 aromatic carbocycles. The van der Waals surface area contributed by atoms with Gasteiger partial charge in [-0.1, -0.05) is 30.3 Å². The molecule has 1 heterocycles. The Morgan fingerprint density at radius 1 is 1.30 bits per heavy atom. The second-order valence-corrected chi connectivity index (χ2v) is 8.52. The first-order valence-electron chi connectivity index (χ1n) is 9.78. The van der Waals surface area contributed by atoms with E-state index >= 15 is 0 Å². The predicted octanol–water partition coefficient (Wildman–Crippen LogP) is 4.31. The molecule has 2 aliphatic rings. The molecule has 1 N–H and O–H groups in total. The van der Waals surface area contributed by atoms with Crippen LogP contribution in [0, 0.1) is 11.2 Å². The summed E-state index contributed by atoms with van der Waals surface area (Å²) in [4.78, 5) is 20.8. The van der Waals surface area contributed by atoms with Crippen LogP contribution in [0.15, 0.2) is 60.2 Å². The molecular formula is C23H23ClFN3O2. The van der Waals surface area contributed by atoms with Crippen molar-refractivity contribution in [3.8, 4) is 5.75 Å². The summed E-state index contributed by atoms with van der Waals surface area (Å²) in [6, 6.07) is 11.4. The maximum absolute atomic E-state index is 14.0. The lowest BCUT2D eigenvalue weighted by molar-refractivity contribution is -0.0763. The lowest BCUT2D eigenvalue weighted by Crippen LogP contribution is -2.67. The molecule has 2 aromatic rings. The summed E-state index contributed by atoms with van der Waals surface area (Å²) in [6.07, 6.45) is 3.34. The number of aliphatic imine (C=N–C) groups is 1. The van der Waals surface area contributed by atoms with E-state index in [0.717, 1.165) is 30.3 Å². The largest absolute Gasteiger partial charge is 0.508 e. The van der Waals surface area contributed by atoms with Gasteiger partial charge < -0.3 is 14.9 Å². The van der Waals surface area contributed by atoms with Crippen LogP contribution in [0.5, 0.6) is 5.75 Å². The summed E-state index contributed by atoms with van der Waals surface area (Å²) >= 11 is 6.36. The number of hydrogen-bond donors (Lipinski definition) is 1. The summed E-state index contributed by atoms with van der Waals surface area (Å²) in [7, 11) is 1.99. The molecule has 1 saturated carbocycles. The Bertz CT molecular complexity index is 1020. The molecule has 1 aliphatic carbocycles. The fourth-order valence-corrected chi connectivity index (χ4v) is 4.70. The average Bonchev–Trinajstić information content (AvgIpc) is 2.66. The molecule has 0 radical (unpaired) electrons. The number of carbonyl (C=O) groups excluding carboxylic acids is 1. The van der Waals surface area contributed by atoms with E-state index in [2.05, 4.69) is 16.5 Å². The van der Waals surface area contributed by atoms with Crippen molar-refractivity contribution >= 4 is 23.3 Å². The van der Waals surface area contributed by atoms with Gasteiger partial charge in [-0.2, -0.15) is 0 Å². The highest BCUT2D eigenvalue weighted by molar-refractivity contribution is 6.34. The van der Waals surface area contributed by atoms with Gasteiger partial charge in [0.25, 0.3) is 5.91 Å². The number of phenols is 1. The van der Waals surface area contributed by atoms with Crippen molar-refractivity contribution in [2.45, 2.75) is 18.9 Å². The second kappa shape index (κ2) is 7.76. The van der Waals surface area contributed by atoms with Crippen molar-refractivity contribution in [3.63, 3.8) is 0 Å². The Morgan fingerprint density at radius 2 is 2.00 bits per heavy atom. The maximum atomic E-state index is 14.0. The number of amides is 1. The zero-order chi connectivity index (χ0) is 21.5. The van der Waals surface area contributed by atoms with Gasteiger partial charge in [0.05, 0.1) is 10.6 Å². The minimum absolute atomic E-state index is 0.0572. The zero-order valence-electron chi connectivity index (χ0n) is 16.7. The van der Waals surface area contributed by atoms with Crippen LogP contribution in [0.2, 0.25) is 5.02 Å². The van der Waals surface area contributed by atoms with Crippen molar-refractivity contribution in [2.75, 3.05) is 20.1 Å². The number of likely N-dealkylation sites (tertiary alicyclic amines) is 1. The summed E-state index contributed by atoms with van der Waals surface area (Å²) in [5, 5.41) is 10.2. The fourth-order valence-electron chi connectivity index (χ4n) is 4.48. The maximum Gasteiger partial charge on any atom is 0.257 e. The zero-order valence-corrected chi connectivity index (χ0v) is 17.4. The highest BCUT2D eigenvalue weighted by Gasteiger charge is 2.55.